The summed E-state index contributed by atoms with van der Waals surface area (Å²) in [7, 11) is 0. The van der Waals surface area contributed by atoms with Crippen LogP contribution in [0.4, 0.5) is 0 Å². The Labute approximate surface area is 152 Å². The van der Waals surface area contributed by atoms with Gasteiger partial charge in [0.1, 0.15) is 5.75 Å². The van der Waals surface area contributed by atoms with Crippen LogP contribution in [0.15, 0.2) is 48.5 Å². The molecule has 0 radical (unpaired) electrons. The van der Waals surface area contributed by atoms with Crippen LogP contribution in [0.25, 0.3) is 11.1 Å². The third-order valence-corrected chi connectivity index (χ3v) is 4.56. The average Bonchev–Trinajstić information content (AvgIpc) is 2.64. The van der Waals surface area contributed by atoms with Gasteiger partial charge in [-0.2, -0.15) is 0 Å². The monoisotopic (exact) mass is 340 g/mol. The summed E-state index contributed by atoms with van der Waals surface area (Å²) in [6, 6.07) is 17.0. The molecule has 0 aromatic heterocycles. The second-order valence-electron chi connectivity index (χ2n) is 6.79. The van der Waals surface area contributed by atoms with Gasteiger partial charge in [0.05, 0.1) is 6.61 Å². The number of aryl methyl sites for hydroxylation is 1. The summed E-state index contributed by atoms with van der Waals surface area (Å²) >= 11 is 0. The molecule has 0 aliphatic heterocycles. The van der Waals surface area contributed by atoms with E-state index < -0.39 is 0 Å². The van der Waals surface area contributed by atoms with E-state index in [0.29, 0.717) is 6.61 Å². The average molecular weight is 341 g/mol. The second-order valence-corrected chi connectivity index (χ2v) is 6.79. The van der Waals surface area contributed by atoms with Gasteiger partial charge in [0, 0.05) is 6.61 Å². The molecule has 0 heterocycles. The molecule has 0 bridgehead atoms. The molecule has 2 aromatic rings. The molecule has 2 heteroatoms. The molecular weight excluding hydrogens is 308 g/mol. The van der Waals surface area contributed by atoms with E-state index in [9.17, 15) is 0 Å². The van der Waals surface area contributed by atoms with Gasteiger partial charge in [0.15, 0.2) is 0 Å². The molecule has 2 aromatic carbocycles. The van der Waals surface area contributed by atoms with Crippen LogP contribution >= 0.6 is 0 Å². The fourth-order valence-electron chi connectivity index (χ4n) is 2.95. The van der Waals surface area contributed by atoms with Gasteiger partial charge in [-0.05, 0) is 43.0 Å². The van der Waals surface area contributed by atoms with Crippen molar-refractivity contribution >= 4 is 0 Å². The largest absolute Gasteiger partial charge is 0.494 e. The molecule has 25 heavy (non-hydrogen) atoms. The summed E-state index contributed by atoms with van der Waals surface area (Å²) in [5, 5.41) is 8.73. The minimum Gasteiger partial charge on any atom is -0.494 e. The van der Waals surface area contributed by atoms with Gasteiger partial charge in [-0.3, -0.25) is 0 Å². The number of benzene rings is 2. The Hall–Kier alpha value is -1.80. The lowest BCUT2D eigenvalue weighted by Crippen LogP contribution is -1.97. The maximum Gasteiger partial charge on any atom is 0.119 e. The molecule has 0 saturated heterocycles. The van der Waals surface area contributed by atoms with E-state index in [2.05, 4.69) is 55.5 Å². The first-order chi connectivity index (χ1) is 12.3. The number of hydrogen-bond acceptors (Lipinski definition) is 2. The van der Waals surface area contributed by atoms with Gasteiger partial charge in [-0.15, -0.1) is 0 Å². The summed E-state index contributed by atoms with van der Waals surface area (Å²) in [6.45, 7) is 3.25. The highest BCUT2D eigenvalue weighted by atomic mass is 16.5. The van der Waals surface area contributed by atoms with E-state index in [1.807, 2.05) is 0 Å². The minimum atomic E-state index is 0.337. The Morgan fingerprint density at radius 1 is 0.640 bits per heavy atom. The normalized spacial score (nSPS) is 10.8. The van der Waals surface area contributed by atoms with Crippen molar-refractivity contribution in [1.82, 2.24) is 0 Å². The van der Waals surface area contributed by atoms with Crippen LogP contribution in [0.1, 0.15) is 56.9 Å². The third kappa shape index (κ3) is 7.74. The van der Waals surface area contributed by atoms with Crippen LogP contribution in [0, 0.1) is 6.92 Å². The fourth-order valence-corrected chi connectivity index (χ4v) is 2.95. The maximum absolute atomic E-state index is 8.73. The van der Waals surface area contributed by atoms with E-state index in [0.717, 1.165) is 31.6 Å². The number of unbranched alkanes of at least 4 members (excludes halogenated alkanes) is 7. The van der Waals surface area contributed by atoms with Crippen molar-refractivity contribution in [2.75, 3.05) is 13.2 Å². The van der Waals surface area contributed by atoms with Crippen molar-refractivity contribution in [3.05, 3.63) is 54.1 Å². The van der Waals surface area contributed by atoms with Crippen LogP contribution in [0.3, 0.4) is 0 Å². The van der Waals surface area contributed by atoms with Gasteiger partial charge in [0.25, 0.3) is 0 Å². The highest BCUT2D eigenvalue weighted by Crippen LogP contribution is 2.23. The Bertz CT molecular complexity index is 572. The molecule has 2 nitrogen and oxygen atoms in total. The first kappa shape index (κ1) is 19.5. The Kier molecular flexibility index (Phi) is 9.14. The summed E-state index contributed by atoms with van der Waals surface area (Å²) in [5.74, 6) is 0.958. The molecule has 0 aliphatic rings. The topological polar surface area (TPSA) is 29.5 Å². The predicted molar refractivity (Wildman–Crippen MR) is 106 cm³/mol. The van der Waals surface area contributed by atoms with Crippen molar-refractivity contribution in [2.24, 2.45) is 0 Å². The SMILES string of the molecule is Cc1ccc(-c2ccc(OCCCCCCCCCCO)cc2)cc1. The van der Waals surface area contributed by atoms with E-state index in [1.54, 1.807) is 0 Å². The van der Waals surface area contributed by atoms with Crippen LogP contribution in [-0.4, -0.2) is 18.3 Å². The van der Waals surface area contributed by atoms with Gasteiger partial charge >= 0.3 is 0 Å². The zero-order chi connectivity index (χ0) is 17.7. The van der Waals surface area contributed by atoms with Crippen LogP contribution in [-0.2, 0) is 0 Å². The number of aliphatic hydroxyl groups excluding tert-OH is 1. The van der Waals surface area contributed by atoms with E-state index in [4.69, 9.17) is 9.84 Å². The molecule has 0 unspecified atom stereocenters. The number of rotatable bonds is 12. The zero-order valence-corrected chi connectivity index (χ0v) is 15.5. The molecule has 1 N–H and O–H groups in total. The van der Waals surface area contributed by atoms with Crippen molar-refractivity contribution in [3.63, 3.8) is 0 Å². The molecule has 0 spiro atoms. The lowest BCUT2D eigenvalue weighted by Gasteiger charge is -2.08. The van der Waals surface area contributed by atoms with Crippen LogP contribution < -0.4 is 4.74 Å². The van der Waals surface area contributed by atoms with E-state index in [1.165, 1.54) is 48.8 Å². The summed E-state index contributed by atoms with van der Waals surface area (Å²) in [5.41, 5.74) is 3.76. The van der Waals surface area contributed by atoms with Crippen molar-refractivity contribution in [1.29, 1.82) is 0 Å². The number of hydrogen-bond donors (Lipinski definition) is 1. The van der Waals surface area contributed by atoms with Gasteiger partial charge in [-0.1, -0.05) is 80.5 Å². The highest BCUT2D eigenvalue weighted by Gasteiger charge is 1.99. The highest BCUT2D eigenvalue weighted by molar-refractivity contribution is 5.64. The van der Waals surface area contributed by atoms with Gasteiger partial charge in [0.2, 0.25) is 0 Å². The van der Waals surface area contributed by atoms with E-state index >= 15 is 0 Å². The third-order valence-electron chi connectivity index (χ3n) is 4.56. The van der Waals surface area contributed by atoms with E-state index in [-0.39, 0.29) is 0 Å². The summed E-state index contributed by atoms with van der Waals surface area (Å²) < 4.78 is 5.85. The molecule has 0 amide bonds. The summed E-state index contributed by atoms with van der Waals surface area (Å²) in [6.07, 6.45) is 9.61. The van der Waals surface area contributed by atoms with Crippen molar-refractivity contribution in [2.45, 2.75) is 58.3 Å². The smallest absolute Gasteiger partial charge is 0.119 e. The van der Waals surface area contributed by atoms with Crippen molar-refractivity contribution < 1.29 is 9.84 Å². The Morgan fingerprint density at radius 2 is 1.12 bits per heavy atom. The fraction of sp³-hybridized carbons (Fsp3) is 0.478. The molecule has 2 rings (SSSR count). The van der Waals surface area contributed by atoms with Crippen LogP contribution in [0.2, 0.25) is 0 Å². The lowest BCUT2D eigenvalue weighted by atomic mass is 10.0. The maximum atomic E-state index is 8.73. The first-order valence-corrected chi connectivity index (χ1v) is 9.70. The second kappa shape index (κ2) is 11.7. The lowest BCUT2D eigenvalue weighted by molar-refractivity contribution is 0.282. The first-order valence-electron chi connectivity index (χ1n) is 9.70. The molecule has 0 saturated carbocycles. The van der Waals surface area contributed by atoms with Crippen LogP contribution in [0.5, 0.6) is 5.75 Å². The predicted octanol–water partition coefficient (Wildman–Crippen LogP) is 6.15. The van der Waals surface area contributed by atoms with Gasteiger partial charge in [-0.25, -0.2) is 0 Å². The Morgan fingerprint density at radius 3 is 1.68 bits per heavy atom. The van der Waals surface area contributed by atoms with Crippen molar-refractivity contribution in [3.8, 4) is 16.9 Å². The molecule has 0 atom stereocenters. The number of ether oxygens (including phenoxy) is 1. The molecular formula is C23H32O2. The standard InChI is InChI=1S/C23H32O2/c1-20-10-12-21(13-11-20)22-14-16-23(17-15-22)25-19-9-7-5-3-2-4-6-8-18-24/h10-17,24H,2-9,18-19H2,1H3. The summed E-state index contributed by atoms with van der Waals surface area (Å²) in [4.78, 5) is 0. The quantitative estimate of drug-likeness (QED) is 0.469. The molecule has 136 valence electrons. The molecule has 0 aliphatic carbocycles. The zero-order valence-electron chi connectivity index (χ0n) is 15.5. The number of aliphatic hydroxyl groups is 1. The molecule has 0 fully saturated rings. The van der Waals surface area contributed by atoms with Gasteiger partial charge < -0.3 is 9.84 Å². The minimum absolute atomic E-state index is 0.337. The Balaban J connectivity index is 1.58.